The summed E-state index contributed by atoms with van der Waals surface area (Å²) in [5.41, 5.74) is 6.42. The summed E-state index contributed by atoms with van der Waals surface area (Å²) < 4.78 is 2.25. The van der Waals surface area contributed by atoms with Crippen molar-refractivity contribution < 1.29 is 4.79 Å². The van der Waals surface area contributed by atoms with Crippen molar-refractivity contribution in [3.63, 3.8) is 0 Å². The Bertz CT molecular complexity index is 1180. The molecule has 0 saturated heterocycles. The average molecular weight is 482 g/mol. The lowest BCUT2D eigenvalue weighted by Gasteiger charge is -2.57. The van der Waals surface area contributed by atoms with Gasteiger partial charge in [0.25, 0.3) is 5.91 Å². The van der Waals surface area contributed by atoms with E-state index in [1.165, 1.54) is 44.9 Å². The Kier molecular flexibility index (Phi) is 6.06. The van der Waals surface area contributed by atoms with Gasteiger partial charge in [-0.25, -0.2) is 0 Å². The van der Waals surface area contributed by atoms with Crippen LogP contribution in [0.15, 0.2) is 35.9 Å². The Morgan fingerprint density at radius 1 is 1.00 bits per heavy atom. The Morgan fingerprint density at radius 2 is 1.61 bits per heavy atom. The summed E-state index contributed by atoms with van der Waals surface area (Å²) in [7, 11) is 0. The summed E-state index contributed by atoms with van der Waals surface area (Å²) in [6.07, 6.45) is 15.9. The number of aromatic nitrogens is 1. The van der Waals surface area contributed by atoms with Crippen LogP contribution in [0.25, 0.3) is 11.8 Å². The zero-order valence-electron chi connectivity index (χ0n) is 21.9. The highest BCUT2D eigenvalue weighted by Gasteiger charge is 2.51. The van der Waals surface area contributed by atoms with Crippen LogP contribution in [-0.2, 0) is 10.2 Å². The van der Waals surface area contributed by atoms with Gasteiger partial charge in [0.2, 0.25) is 0 Å². The molecule has 1 aromatic carbocycles. The van der Waals surface area contributed by atoms with E-state index < -0.39 is 0 Å². The molecule has 1 N–H and O–H groups in total. The minimum atomic E-state index is -0.242. The second kappa shape index (κ2) is 9.25. The van der Waals surface area contributed by atoms with Crippen LogP contribution in [0, 0.1) is 42.9 Å². The predicted molar refractivity (Wildman–Crippen MR) is 144 cm³/mol. The van der Waals surface area contributed by atoms with Gasteiger partial charge in [0.1, 0.15) is 11.6 Å². The molecule has 0 spiro atoms. The fourth-order valence-electron chi connectivity index (χ4n) is 8.57. The summed E-state index contributed by atoms with van der Waals surface area (Å²) >= 11 is 0. The van der Waals surface area contributed by atoms with Crippen LogP contribution < -0.4 is 5.32 Å². The molecule has 0 aliphatic heterocycles. The van der Waals surface area contributed by atoms with Crippen molar-refractivity contribution in [1.29, 1.82) is 5.26 Å². The number of hydrogen-bond donors (Lipinski definition) is 1. The molecular formula is C32H39N3O. The van der Waals surface area contributed by atoms with Gasteiger partial charge < -0.3 is 9.88 Å². The van der Waals surface area contributed by atoms with Gasteiger partial charge in [-0.05, 0) is 124 Å². The van der Waals surface area contributed by atoms with E-state index in [-0.39, 0.29) is 17.5 Å². The lowest BCUT2D eigenvalue weighted by Crippen LogP contribution is -2.48. The van der Waals surface area contributed by atoms with Crippen molar-refractivity contribution in [3.05, 3.63) is 58.4 Å². The fourth-order valence-corrected chi connectivity index (χ4v) is 8.57. The van der Waals surface area contributed by atoms with Gasteiger partial charge in [0.05, 0.1) is 0 Å². The smallest absolute Gasteiger partial charge is 0.262 e. The lowest BCUT2D eigenvalue weighted by atomic mass is 9.48. The maximum absolute atomic E-state index is 12.8. The highest BCUT2D eigenvalue weighted by molar-refractivity contribution is 6.02. The highest BCUT2D eigenvalue weighted by atomic mass is 16.1. The Morgan fingerprint density at radius 3 is 2.19 bits per heavy atom. The van der Waals surface area contributed by atoms with Gasteiger partial charge in [-0.15, -0.1) is 0 Å². The van der Waals surface area contributed by atoms with Crippen LogP contribution in [0.2, 0.25) is 0 Å². The first kappa shape index (κ1) is 23.6. The molecule has 7 rings (SSSR count). The number of rotatable bonds is 5. The number of nitrogens with one attached hydrogen (secondary N) is 1. The summed E-state index contributed by atoms with van der Waals surface area (Å²) in [6, 6.07) is 13.8. The maximum Gasteiger partial charge on any atom is 0.262 e. The normalized spacial score (nSPS) is 29.8. The number of hydrogen-bond acceptors (Lipinski definition) is 2. The summed E-state index contributed by atoms with van der Waals surface area (Å²) in [6.45, 7) is 4.19. The van der Waals surface area contributed by atoms with Gasteiger partial charge in [-0.2, -0.15) is 5.26 Å². The number of carbonyl (C=O) groups excluding carboxylic acids is 1. The molecule has 5 fully saturated rings. The first-order valence-electron chi connectivity index (χ1n) is 14.2. The zero-order chi connectivity index (χ0) is 24.9. The minimum Gasteiger partial charge on any atom is -0.349 e. The van der Waals surface area contributed by atoms with E-state index in [1.54, 1.807) is 11.6 Å². The van der Waals surface area contributed by atoms with Crippen LogP contribution in [0.4, 0.5) is 0 Å². The van der Waals surface area contributed by atoms with Crippen LogP contribution in [-0.4, -0.2) is 16.5 Å². The molecule has 5 saturated carbocycles. The molecule has 4 heteroatoms. The third-order valence-electron chi connectivity index (χ3n) is 9.85. The molecule has 1 amide bonds. The first-order valence-corrected chi connectivity index (χ1v) is 14.2. The van der Waals surface area contributed by atoms with E-state index in [1.807, 2.05) is 0 Å². The first-order chi connectivity index (χ1) is 17.4. The van der Waals surface area contributed by atoms with Crippen LogP contribution in [0.3, 0.4) is 0 Å². The second-order valence-electron chi connectivity index (χ2n) is 12.4. The number of aryl methyl sites for hydroxylation is 1. The molecule has 5 aliphatic rings. The molecule has 36 heavy (non-hydrogen) atoms. The van der Waals surface area contributed by atoms with E-state index in [2.05, 4.69) is 60.1 Å². The molecule has 4 bridgehead atoms. The minimum absolute atomic E-state index is 0.193. The molecule has 5 aliphatic carbocycles. The second-order valence-corrected chi connectivity index (χ2v) is 12.4. The van der Waals surface area contributed by atoms with Crippen molar-refractivity contribution in [3.8, 4) is 11.8 Å². The van der Waals surface area contributed by atoms with Crippen molar-refractivity contribution in [1.82, 2.24) is 9.88 Å². The van der Waals surface area contributed by atoms with E-state index in [4.69, 9.17) is 0 Å². The largest absolute Gasteiger partial charge is 0.349 e. The van der Waals surface area contributed by atoms with E-state index in [0.717, 1.165) is 66.1 Å². The molecule has 4 nitrogen and oxygen atoms in total. The predicted octanol–water partition coefficient (Wildman–Crippen LogP) is 6.92. The van der Waals surface area contributed by atoms with Gasteiger partial charge in [0.15, 0.2) is 0 Å². The SMILES string of the molecule is Cc1cc(C=C(C#N)C(=O)NC2CCCCC2)c(C)n1-c1ccc(C23CC4CC(CC(C4)C2)C3)cc1. The highest BCUT2D eigenvalue weighted by Crippen LogP contribution is 2.60. The van der Waals surface area contributed by atoms with E-state index in [9.17, 15) is 10.1 Å². The fraction of sp³-hybridized carbons (Fsp3) is 0.562. The number of amides is 1. The van der Waals surface area contributed by atoms with Crippen LogP contribution in [0.5, 0.6) is 0 Å². The summed E-state index contributed by atoms with van der Waals surface area (Å²) in [5, 5.41) is 12.8. The molecule has 0 unspecified atom stereocenters. The number of carbonyl (C=O) groups is 1. The molecule has 2 aromatic rings. The molecule has 0 radical (unpaired) electrons. The molecule has 188 valence electrons. The number of nitrogens with zero attached hydrogens (tertiary/aromatic N) is 2. The van der Waals surface area contributed by atoms with E-state index >= 15 is 0 Å². The van der Waals surface area contributed by atoms with Crippen molar-refractivity contribution in [2.45, 2.75) is 95.9 Å². The van der Waals surface area contributed by atoms with Crippen molar-refractivity contribution >= 4 is 12.0 Å². The quantitative estimate of drug-likeness (QED) is 0.372. The summed E-state index contributed by atoms with van der Waals surface area (Å²) in [4.78, 5) is 12.8. The van der Waals surface area contributed by atoms with Gasteiger partial charge >= 0.3 is 0 Å². The van der Waals surface area contributed by atoms with Crippen molar-refractivity contribution in [2.75, 3.05) is 0 Å². The molecule has 1 heterocycles. The van der Waals surface area contributed by atoms with Gasteiger partial charge in [-0.1, -0.05) is 31.4 Å². The molecule has 1 aromatic heterocycles. The number of benzene rings is 1. The Labute approximate surface area is 215 Å². The van der Waals surface area contributed by atoms with E-state index in [0.29, 0.717) is 5.41 Å². The van der Waals surface area contributed by atoms with Gasteiger partial charge in [0, 0.05) is 23.1 Å². The standard InChI is InChI=1S/C32H39N3O/c1-21-12-26(16-27(20-33)31(36)34-29-6-4-3-5-7-29)22(2)35(21)30-10-8-28(9-11-30)32-17-23-13-24(18-32)15-25(14-23)19-32/h8-12,16,23-25,29H,3-7,13-15,17-19H2,1-2H3,(H,34,36). The topological polar surface area (TPSA) is 57.8 Å². The Balaban J connectivity index is 1.23. The Hall–Kier alpha value is -2.80. The van der Waals surface area contributed by atoms with Gasteiger partial charge in [-0.3, -0.25) is 4.79 Å². The average Bonchev–Trinajstić information content (AvgIpc) is 3.14. The molecular weight excluding hydrogens is 442 g/mol. The summed E-state index contributed by atoms with van der Waals surface area (Å²) in [5.74, 6) is 2.60. The lowest BCUT2D eigenvalue weighted by molar-refractivity contribution is -0.117. The van der Waals surface area contributed by atoms with Crippen LogP contribution in [0.1, 0.15) is 93.1 Å². The number of nitriles is 1. The molecule has 0 atom stereocenters. The third kappa shape index (κ3) is 4.21. The third-order valence-corrected chi connectivity index (χ3v) is 9.85. The maximum atomic E-state index is 12.8. The monoisotopic (exact) mass is 481 g/mol. The van der Waals surface area contributed by atoms with Crippen LogP contribution >= 0.6 is 0 Å². The van der Waals surface area contributed by atoms with Crippen molar-refractivity contribution in [2.24, 2.45) is 17.8 Å². The zero-order valence-corrected chi connectivity index (χ0v) is 21.9.